The lowest BCUT2D eigenvalue weighted by atomic mass is 9.78. The van der Waals surface area contributed by atoms with E-state index in [9.17, 15) is 35.7 Å². The van der Waals surface area contributed by atoms with Gasteiger partial charge in [0, 0.05) is 0 Å². The average Bonchev–Trinajstić information content (AvgIpc) is 2.66. The number of allylic oxidation sites excluding steroid dienone is 1. The summed E-state index contributed by atoms with van der Waals surface area (Å²) < 4.78 is 16.2. The first-order chi connectivity index (χ1) is 12.8. The molecule has 2 aliphatic rings. The van der Waals surface area contributed by atoms with E-state index in [4.69, 9.17) is 14.2 Å². The monoisotopic (exact) mass is 394 g/mol. The molecule has 2 rings (SSSR count). The molecule has 0 aromatic carbocycles. The Bertz CT molecular complexity index is 488. The van der Waals surface area contributed by atoms with Gasteiger partial charge in [0.1, 0.15) is 42.7 Å². The normalized spacial score (nSPS) is 45.9. The Morgan fingerprint density at radius 1 is 1.04 bits per heavy atom. The molecule has 0 radical (unpaired) electrons. The van der Waals surface area contributed by atoms with Crippen molar-refractivity contribution in [2.75, 3.05) is 13.2 Å². The maximum Gasteiger partial charge on any atom is 0.228 e. The third kappa shape index (κ3) is 4.44. The summed E-state index contributed by atoms with van der Waals surface area (Å²) in [5.41, 5.74) is -2.10. The molecule has 0 amide bonds. The second-order valence-corrected chi connectivity index (χ2v) is 6.98. The minimum absolute atomic E-state index is 0.387. The van der Waals surface area contributed by atoms with Crippen molar-refractivity contribution < 1.29 is 50.0 Å². The van der Waals surface area contributed by atoms with Gasteiger partial charge in [-0.05, 0) is 18.9 Å². The van der Waals surface area contributed by atoms with E-state index in [0.29, 0.717) is 0 Å². The Labute approximate surface area is 157 Å². The summed E-state index contributed by atoms with van der Waals surface area (Å²) in [6.07, 6.45) is -7.30. The molecule has 2 aliphatic heterocycles. The predicted octanol–water partition coefficient (Wildman–Crippen LogP) is -2.64. The van der Waals surface area contributed by atoms with Gasteiger partial charge in [-0.1, -0.05) is 13.3 Å². The Morgan fingerprint density at radius 2 is 1.74 bits per heavy atom. The summed E-state index contributed by atoms with van der Waals surface area (Å²) >= 11 is 0. The molecule has 2 heterocycles. The Kier molecular flexibility index (Phi) is 7.98. The van der Waals surface area contributed by atoms with Crippen LogP contribution in [0.1, 0.15) is 26.2 Å². The quantitative estimate of drug-likeness (QED) is 0.179. The van der Waals surface area contributed by atoms with E-state index in [2.05, 4.69) is 0 Å². The smallest absolute Gasteiger partial charge is 0.228 e. The average molecular weight is 394 g/mol. The number of hydrogen-bond acceptors (Lipinski definition) is 10. The molecule has 10 nitrogen and oxygen atoms in total. The van der Waals surface area contributed by atoms with Crippen LogP contribution in [0.5, 0.6) is 0 Å². The standard InChI is InChI=1S/C17H30O10/c1-2-3-4-5-6-25-16-13(23)11(21)14(24)17(8-18,27-16)15-12(22)10(20)9(19)7-26-15/h5-6,9-16,18-24H,2-4,7-8H2,1H3/t9-,10+,11-,12-,13-,14+,15?,16?,17-/m1/s1. The van der Waals surface area contributed by atoms with Crippen LogP contribution >= 0.6 is 0 Å². The lowest BCUT2D eigenvalue weighted by Crippen LogP contribution is -2.75. The van der Waals surface area contributed by atoms with Crippen molar-refractivity contribution in [2.45, 2.75) is 80.8 Å². The van der Waals surface area contributed by atoms with E-state index < -0.39 is 61.2 Å². The van der Waals surface area contributed by atoms with Crippen molar-refractivity contribution in [2.24, 2.45) is 0 Å². The Balaban J connectivity index is 2.21. The molecular weight excluding hydrogens is 364 g/mol. The molecule has 0 aromatic heterocycles. The third-order valence-corrected chi connectivity index (χ3v) is 5.05. The first-order valence-electron chi connectivity index (χ1n) is 9.09. The molecule has 2 fully saturated rings. The van der Waals surface area contributed by atoms with Crippen LogP contribution in [0.15, 0.2) is 12.3 Å². The number of rotatable bonds is 7. The number of ether oxygens (including phenoxy) is 3. The van der Waals surface area contributed by atoms with Crippen LogP contribution in [-0.2, 0) is 14.2 Å². The van der Waals surface area contributed by atoms with Crippen LogP contribution in [0.2, 0.25) is 0 Å². The van der Waals surface area contributed by atoms with Crippen LogP contribution in [-0.4, -0.2) is 104 Å². The highest BCUT2D eigenvalue weighted by Crippen LogP contribution is 2.38. The second-order valence-electron chi connectivity index (χ2n) is 6.98. The van der Waals surface area contributed by atoms with Crippen LogP contribution in [0, 0.1) is 0 Å². The molecule has 2 unspecified atom stereocenters. The molecule has 158 valence electrons. The molecule has 0 aliphatic carbocycles. The largest absolute Gasteiger partial charge is 0.470 e. The fraction of sp³-hybridized carbons (Fsp3) is 0.882. The second kappa shape index (κ2) is 9.59. The van der Waals surface area contributed by atoms with Gasteiger partial charge >= 0.3 is 0 Å². The van der Waals surface area contributed by atoms with E-state index >= 15 is 0 Å². The predicted molar refractivity (Wildman–Crippen MR) is 90.2 cm³/mol. The minimum atomic E-state index is -2.10. The van der Waals surface area contributed by atoms with Gasteiger partial charge in [0.2, 0.25) is 6.29 Å². The fourth-order valence-electron chi connectivity index (χ4n) is 3.32. The molecule has 0 aromatic rings. The maximum absolute atomic E-state index is 10.4. The lowest BCUT2D eigenvalue weighted by Gasteiger charge is -2.53. The van der Waals surface area contributed by atoms with Crippen molar-refractivity contribution in [3.8, 4) is 0 Å². The molecule has 10 heteroatoms. The van der Waals surface area contributed by atoms with Crippen LogP contribution < -0.4 is 0 Å². The molecular formula is C17H30O10. The molecule has 9 atom stereocenters. The van der Waals surface area contributed by atoms with Crippen LogP contribution in [0.3, 0.4) is 0 Å². The summed E-state index contributed by atoms with van der Waals surface area (Å²) in [5, 5.41) is 70.4. The highest BCUT2D eigenvalue weighted by Gasteiger charge is 2.62. The summed E-state index contributed by atoms with van der Waals surface area (Å²) in [7, 11) is 0. The van der Waals surface area contributed by atoms with Gasteiger partial charge in [0.15, 0.2) is 5.60 Å². The first-order valence-corrected chi connectivity index (χ1v) is 9.09. The van der Waals surface area contributed by atoms with E-state index in [1.54, 1.807) is 6.08 Å². The zero-order chi connectivity index (χ0) is 20.2. The summed E-state index contributed by atoms with van der Waals surface area (Å²) in [4.78, 5) is 0. The molecule has 0 saturated carbocycles. The number of unbranched alkanes of at least 4 members (excludes halogenated alkanes) is 2. The van der Waals surface area contributed by atoms with Gasteiger partial charge in [-0.15, -0.1) is 0 Å². The van der Waals surface area contributed by atoms with Crippen molar-refractivity contribution in [3.63, 3.8) is 0 Å². The van der Waals surface area contributed by atoms with E-state index in [1.165, 1.54) is 6.26 Å². The number of hydrogen-bond donors (Lipinski definition) is 7. The highest BCUT2D eigenvalue weighted by atomic mass is 16.7. The lowest BCUT2D eigenvalue weighted by molar-refractivity contribution is -0.367. The maximum atomic E-state index is 10.4. The molecule has 0 bridgehead atoms. The summed E-state index contributed by atoms with van der Waals surface area (Å²) in [5.74, 6) is 0. The zero-order valence-electron chi connectivity index (χ0n) is 15.2. The molecule has 2 saturated heterocycles. The third-order valence-electron chi connectivity index (χ3n) is 5.05. The molecule has 27 heavy (non-hydrogen) atoms. The number of aliphatic hydroxyl groups excluding tert-OH is 7. The van der Waals surface area contributed by atoms with E-state index in [-0.39, 0.29) is 6.61 Å². The van der Waals surface area contributed by atoms with E-state index in [0.717, 1.165) is 19.3 Å². The van der Waals surface area contributed by atoms with Crippen molar-refractivity contribution in [3.05, 3.63) is 12.3 Å². The first kappa shape index (κ1) is 22.5. The SMILES string of the molecule is CCCCC=COC1O[C@@](CO)(C2OC[C@@H](O)[C@H](O)[C@H]2O)[C@@H](O)[C@H](O)[C@H]1O. The topological polar surface area (TPSA) is 169 Å². The van der Waals surface area contributed by atoms with Crippen LogP contribution in [0.4, 0.5) is 0 Å². The van der Waals surface area contributed by atoms with Crippen molar-refractivity contribution >= 4 is 0 Å². The van der Waals surface area contributed by atoms with Crippen LogP contribution in [0.25, 0.3) is 0 Å². The van der Waals surface area contributed by atoms with Gasteiger partial charge < -0.3 is 50.0 Å². The van der Waals surface area contributed by atoms with E-state index in [1.807, 2.05) is 6.92 Å². The van der Waals surface area contributed by atoms with Gasteiger partial charge in [-0.3, -0.25) is 0 Å². The van der Waals surface area contributed by atoms with Gasteiger partial charge in [0.25, 0.3) is 0 Å². The zero-order valence-corrected chi connectivity index (χ0v) is 15.2. The number of aliphatic hydroxyl groups is 7. The fourth-order valence-corrected chi connectivity index (χ4v) is 3.32. The van der Waals surface area contributed by atoms with Gasteiger partial charge in [-0.2, -0.15) is 0 Å². The Hall–Kier alpha value is -0.820. The Morgan fingerprint density at radius 3 is 2.37 bits per heavy atom. The van der Waals surface area contributed by atoms with Crippen molar-refractivity contribution in [1.82, 2.24) is 0 Å². The van der Waals surface area contributed by atoms with Gasteiger partial charge in [0.05, 0.1) is 19.5 Å². The molecule has 7 N–H and O–H groups in total. The summed E-state index contributed by atoms with van der Waals surface area (Å²) in [6, 6.07) is 0. The summed E-state index contributed by atoms with van der Waals surface area (Å²) in [6.45, 7) is 0.723. The minimum Gasteiger partial charge on any atom is -0.470 e. The highest BCUT2D eigenvalue weighted by molar-refractivity contribution is 5.09. The van der Waals surface area contributed by atoms with Gasteiger partial charge in [-0.25, -0.2) is 0 Å². The molecule has 0 spiro atoms. The van der Waals surface area contributed by atoms with Crippen molar-refractivity contribution in [1.29, 1.82) is 0 Å².